The van der Waals surface area contributed by atoms with Gasteiger partial charge in [0.05, 0.1) is 6.10 Å². The van der Waals surface area contributed by atoms with Gasteiger partial charge in [0.15, 0.2) is 0 Å². The normalized spacial score (nSPS) is 22.4. The summed E-state index contributed by atoms with van der Waals surface area (Å²) in [6.45, 7) is 0. The maximum atomic E-state index is 9.49. The van der Waals surface area contributed by atoms with Gasteiger partial charge in [-0.15, -0.1) is 0 Å². The van der Waals surface area contributed by atoms with Crippen LogP contribution in [0.15, 0.2) is 54.6 Å². The van der Waals surface area contributed by atoms with Crippen molar-refractivity contribution in [1.82, 2.24) is 0 Å². The van der Waals surface area contributed by atoms with Gasteiger partial charge in [0.25, 0.3) is 0 Å². The third-order valence-corrected chi connectivity index (χ3v) is 3.62. The van der Waals surface area contributed by atoms with Crippen molar-refractivity contribution in [2.75, 3.05) is 0 Å². The van der Waals surface area contributed by atoms with Gasteiger partial charge in [-0.3, -0.25) is 0 Å². The minimum absolute atomic E-state index is 0.164. The minimum atomic E-state index is -0.186. The van der Waals surface area contributed by atoms with E-state index in [2.05, 4.69) is 24.3 Å². The van der Waals surface area contributed by atoms with Gasteiger partial charge in [0.1, 0.15) is 11.9 Å². The predicted octanol–water partition coefficient (Wildman–Crippen LogP) is 3.65. The van der Waals surface area contributed by atoms with E-state index in [4.69, 9.17) is 4.74 Å². The maximum Gasteiger partial charge on any atom is 0.119 e. The first-order valence-electron chi connectivity index (χ1n) is 6.81. The highest BCUT2D eigenvalue weighted by Crippen LogP contribution is 2.26. The molecule has 2 heteroatoms. The minimum Gasteiger partial charge on any atom is -0.490 e. The average molecular weight is 254 g/mol. The Balaban J connectivity index is 1.69. The molecule has 0 saturated heterocycles. The summed E-state index contributed by atoms with van der Waals surface area (Å²) in [5.74, 6) is 0.888. The van der Waals surface area contributed by atoms with Crippen molar-refractivity contribution in [3.05, 3.63) is 54.6 Å². The molecule has 98 valence electrons. The average Bonchev–Trinajstić information content (AvgIpc) is 2.86. The summed E-state index contributed by atoms with van der Waals surface area (Å²) in [6.07, 6.45) is 2.53. The van der Waals surface area contributed by atoms with Crippen molar-refractivity contribution in [3.8, 4) is 16.9 Å². The maximum absolute atomic E-state index is 9.49. The molecule has 1 fully saturated rings. The van der Waals surface area contributed by atoms with Crippen molar-refractivity contribution in [3.63, 3.8) is 0 Å². The third-order valence-electron chi connectivity index (χ3n) is 3.62. The van der Waals surface area contributed by atoms with E-state index in [0.29, 0.717) is 0 Å². The molecular weight excluding hydrogens is 236 g/mol. The highest BCUT2D eigenvalue weighted by atomic mass is 16.5. The molecule has 2 nitrogen and oxygen atoms in total. The Bertz CT molecular complexity index is 519. The van der Waals surface area contributed by atoms with Gasteiger partial charge in [-0.2, -0.15) is 0 Å². The molecule has 1 saturated carbocycles. The highest BCUT2D eigenvalue weighted by molar-refractivity contribution is 5.63. The van der Waals surface area contributed by atoms with Crippen molar-refractivity contribution in [2.24, 2.45) is 0 Å². The molecule has 2 atom stereocenters. The molecule has 1 aliphatic rings. The van der Waals surface area contributed by atoms with Crippen LogP contribution >= 0.6 is 0 Å². The van der Waals surface area contributed by atoms with Crippen LogP contribution in [0, 0.1) is 0 Å². The van der Waals surface area contributed by atoms with Crippen LogP contribution in [0.2, 0.25) is 0 Å². The van der Waals surface area contributed by atoms with E-state index in [9.17, 15) is 5.11 Å². The summed E-state index contributed by atoms with van der Waals surface area (Å²) in [5.41, 5.74) is 2.41. The number of hydrogen-bond acceptors (Lipinski definition) is 2. The van der Waals surface area contributed by atoms with Gasteiger partial charge in [0, 0.05) is 6.42 Å². The SMILES string of the molecule is O[C@H]1CC[C@@H](Oc2ccc(-c3ccccc3)cc2)C1. The molecule has 0 radical (unpaired) electrons. The number of ether oxygens (including phenoxy) is 1. The van der Waals surface area contributed by atoms with Crippen LogP contribution in [0.25, 0.3) is 11.1 Å². The standard InChI is InChI=1S/C17H18O2/c18-15-8-11-17(12-15)19-16-9-6-14(7-10-16)13-4-2-1-3-5-13/h1-7,9-10,15,17-18H,8,11-12H2/t15-,17+/m0/s1. The van der Waals surface area contributed by atoms with Crippen LogP contribution in [0.3, 0.4) is 0 Å². The zero-order valence-electron chi connectivity index (χ0n) is 10.8. The summed E-state index contributed by atoms with van der Waals surface area (Å²) in [5, 5.41) is 9.49. The number of benzene rings is 2. The molecule has 0 unspecified atom stereocenters. The number of aliphatic hydroxyl groups is 1. The van der Waals surface area contributed by atoms with Gasteiger partial charge >= 0.3 is 0 Å². The molecule has 0 aliphatic heterocycles. The van der Waals surface area contributed by atoms with Crippen LogP contribution in [-0.2, 0) is 0 Å². The molecule has 1 aliphatic carbocycles. The smallest absolute Gasteiger partial charge is 0.119 e. The Hall–Kier alpha value is -1.80. The fraction of sp³-hybridized carbons (Fsp3) is 0.294. The van der Waals surface area contributed by atoms with Gasteiger partial charge in [-0.1, -0.05) is 42.5 Å². The Morgan fingerprint density at radius 1 is 0.842 bits per heavy atom. The molecule has 0 bridgehead atoms. The van der Waals surface area contributed by atoms with E-state index in [-0.39, 0.29) is 12.2 Å². The Kier molecular flexibility index (Phi) is 3.51. The zero-order valence-corrected chi connectivity index (χ0v) is 10.8. The van der Waals surface area contributed by atoms with E-state index < -0.39 is 0 Å². The van der Waals surface area contributed by atoms with Crippen LogP contribution in [-0.4, -0.2) is 17.3 Å². The molecule has 2 aromatic carbocycles. The summed E-state index contributed by atoms with van der Waals surface area (Å²) in [7, 11) is 0. The third kappa shape index (κ3) is 2.96. The molecule has 19 heavy (non-hydrogen) atoms. The second kappa shape index (κ2) is 5.45. The van der Waals surface area contributed by atoms with Crippen molar-refractivity contribution in [2.45, 2.75) is 31.5 Å². The largest absolute Gasteiger partial charge is 0.490 e. The van der Waals surface area contributed by atoms with Gasteiger partial charge < -0.3 is 9.84 Å². The van der Waals surface area contributed by atoms with Crippen LogP contribution in [0.5, 0.6) is 5.75 Å². The molecule has 2 aromatic rings. The fourth-order valence-corrected chi connectivity index (χ4v) is 2.57. The monoisotopic (exact) mass is 254 g/mol. The Labute approximate surface area is 113 Å². The topological polar surface area (TPSA) is 29.5 Å². The fourth-order valence-electron chi connectivity index (χ4n) is 2.57. The number of hydrogen-bond donors (Lipinski definition) is 1. The summed E-state index contributed by atoms with van der Waals surface area (Å²) in [6, 6.07) is 18.5. The Morgan fingerprint density at radius 3 is 2.16 bits per heavy atom. The second-order valence-corrected chi connectivity index (χ2v) is 5.10. The molecule has 0 amide bonds. The first kappa shape index (κ1) is 12.2. The number of aliphatic hydroxyl groups excluding tert-OH is 1. The molecule has 0 aromatic heterocycles. The predicted molar refractivity (Wildman–Crippen MR) is 76.2 cm³/mol. The number of rotatable bonds is 3. The van der Waals surface area contributed by atoms with E-state index in [1.165, 1.54) is 11.1 Å². The van der Waals surface area contributed by atoms with Crippen LogP contribution in [0.1, 0.15) is 19.3 Å². The van der Waals surface area contributed by atoms with Gasteiger partial charge in [-0.25, -0.2) is 0 Å². The van der Waals surface area contributed by atoms with E-state index in [1.807, 2.05) is 30.3 Å². The van der Waals surface area contributed by atoms with E-state index in [1.54, 1.807) is 0 Å². The first-order chi connectivity index (χ1) is 9.31. The summed E-state index contributed by atoms with van der Waals surface area (Å²) < 4.78 is 5.88. The van der Waals surface area contributed by atoms with Crippen LogP contribution in [0.4, 0.5) is 0 Å². The second-order valence-electron chi connectivity index (χ2n) is 5.10. The lowest BCUT2D eigenvalue weighted by atomic mass is 10.1. The van der Waals surface area contributed by atoms with E-state index in [0.717, 1.165) is 25.0 Å². The molecule has 0 spiro atoms. The molecular formula is C17H18O2. The highest BCUT2D eigenvalue weighted by Gasteiger charge is 2.24. The summed E-state index contributed by atoms with van der Waals surface area (Å²) >= 11 is 0. The van der Waals surface area contributed by atoms with Crippen molar-refractivity contribution < 1.29 is 9.84 Å². The quantitative estimate of drug-likeness (QED) is 0.906. The van der Waals surface area contributed by atoms with Crippen molar-refractivity contribution >= 4 is 0 Å². The van der Waals surface area contributed by atoms with E-state index >= 15 is 0 Å². The zero-order chi connectivity index (χ0) is 13.1. The molecule has 1 N–H and O–H groups in total. The first-order valence-corrected chi connectivity index (χ1v) is 6.81. The Morgan fingerprint density at radius 2 is 1.53 bits per heavy atom. The lowest BCUT2D eigenvalue weighted by Gasteiger charge is -2.13. The van der Waals surface area contributed by atoms with Crippen LogP contribution < -0.4 is 4.74 Å². The lowest BCUT2D eigenvalue weighted by Crippen LogP contribution is -2.13. The van der Waals surface area contributed by atoms with Crippen molar-refractivity contribution in [1.29, 1.82) is 0 Å². The van der Waals surface area contributed by atoms with Gasteiger partial charge in [0.2, 0.25) is 0 Å². The molecule has 0 heterocycles. The molecule has 3 rings (SSSR count). The lowest BCUT2D eigenvalue weighted by molar-refractivity contribution is 0.150. The van der Waals surface area contributed by atoms with Gasteiger partial charge in [-0.05, 0) is 36.1 Å². The summed E-state index contributed by atoms with van der Waals surface area (Å²) in [4.78, 5) is 0.